The molecule has 0 aliphatic rings. The van der Waals surface area contributed by atoms with Crippen molar-refractivity contribution in [2.24, 2.45) is 0 Å². The number of aliphatic hydroxyl groups is 1. The Hall–Kier alpha value is -0.0975. The van der Waals surface area contributed by atoms with Gasteiger partial charge >= 0.3 is 64.0 Å². The van der Waals surface area contributed by atoms with E-state index < -0.39 is 36.4 Å². The molecule has 0 atom stereocenters. The van der Waals surface area contributed by atoms with Crippen molar-refractivity contribution in [3.8, 4) is 0 Å². The third-order valence-electron chi connectivity index (χ3n) is 1.29. The molecule has 0 aliphatic heterocycles. The van der Waals surface area contributed by atoms with Crippen molar-refractivity contribution < 1.29 is 34.8 Å². The Morgan fingerprint density at radius 1 is 0.867 bits per heavy atom. The molecule has 0 radical (unpaired) electrons. The van der Waals surface area contributed by atoms with Crippen molar-refractivity contribution >= 4 is 64.0 Å². The van der Waals surface area contributed by atoms with E-state index in [1.54, 1.807) is 0 Å². The zero-order chi connectivity index (χ0) is 10.6. The van der Waals surface area contributed by atoms with Crippen molar-refractivity contribution in [2.75, 3.05) is 0 Å². The van der Waals surface area contributed by atoms with Crippen molar-refractivity contribution in [2.45, 2.75) is 18.4 Å². The molecule has 0 aliphatic carbocycles. The van der Waals surface area contributed by atoms with Gasteiger partial charge in [0.15, 0.2) is 5.60 Å². The summed E-state index contributed by atoms with van der Waals surface area (Å²) in [5, 5.41) is 33.8. The number of carboxylic acid groups (broad SMARTS) is 3. The third-order valence-corrected chi connectivity index (χ3v) is 1.29. The summed E-state index contributed by atoms with van der Waals surface area (Å²) in [6.07, 6.45) is -2.29. The van der Waals surface area contributed by atoms with Crippen LogP contribution in [-0.4, -0.2) is 90.0 Å². The summed E-state index contributed by atoms with van der Waals surface area (Å²) >= 11 is 0. The van der Waals surface area contributed by atoms with Crippen LogP contribution in [0.2, 0.25) is 0 Å². The first-order valence-corrected chi connectivity index (χ1v) is 3.17. The molecule has 9 heteroatoms. The smallest absolute Gasteiger partial charge is 0.481 e. The standard InChI is InChI=1S/C6H8O7.2Mg/c7-3(8)1-6(13,5(11)12)2-4(9)10;;/h13H,1-2H2,(H,7,8)(H,9,10)(H,11,12);;/q;2*+2. The van der Waals surface area contributed by atoms with E-state index >= 15 is 0 Å². The molecule has 0 bridgehead atoms. The van der Waals surface area contributed by atoms with E-state index in [0.717, 1.165) is 0 Å². The van der Waals surface area contributed by atoms with Crippen molar-refractivity contribution in [1.29, 1.82) is 0 Å². The van der Waals surface area contributed by atoms with E-state index in [4.69, 9.17) is 20.4 Å². The molecule has 0 heterocycles. The fraction of sp³-hybridized carbons (Fsp3) is 0.500. The van der Waals surface area contributed by atoms with Crippen molar-refractivity contribution in [1.82, 2.24) is 0 Å². The van der Waals surface area contributed by atoms with E-state index in [9.17, 15) is 14.4 Å². The first-order valence-electron chi connectivity index (χ1n) is 3.17. The molecule has 0 saturated carbocycles. The molecule has 0 saturated heterocycles. The van der Waals surface area contributed by atoms with Gasteiger partial charge in [0.2, 0.25) is 0 Å². The first-order chi connectivity index (χ1) is 5.78. The van der Waals surface area contributed by atoms with Gasteiger partial charge in [0.1, 0.15) is 0 Å². The molecule has 15 heavy (non-hydrogen) atoms. The fourth-order valence-electron chi connectivity index (χ4n) is 0.714. The molecule has 74 valence electrons. The number of aliphatic carboxylic acids is 3. The van der Waals surface area contributed by atoms with Crippen LogP contribution in [0.3, 0.4) is 0 Å². The normalized spacial score (nSPS) is 9.40. The van der Waals surface area contributed by atoms with Crippen LogP contribution in [0, 0.1) is 0 Å². The van der Waals surface area contributed by atoms with Crippen LogP contribution in [0.1, 0.15) is 12.8 Å². The van der Waals surface area contributed by atoms with Crippen LogP contribution < -0.4 is 0 Å². The van der Waals surface area contributed by atoms with Gasteiger partial charge in [-0.3, -0.25) is 9.59 Å². The van der Waals surface area contributed by atoms with Gasteiger partial charge in [-0.15, -0.1) is 0 Å². The molecular formula is C6H8Mg2O7+4. The second-order valence-corrected chi connectivity index (χ2v) is 2.48. The summed E-state index contributed by atoms with van der Waals surface area (Å²) in [6.45, 7) is 0. The van der Waals surface area contributed by atoms with Gasteiger partial charge in [-0.25, -0.2) is 4.79 Å². The van der Waals surface area contributed by atoms with E-state index in [1.165, 1.54) is 0 Å². The molecule has 7 nitrogen and oxygen atoms in total. The molecule has 0 aromatic rings. The van der Waals surface area contributed by atoms with Crippen LogP contribution in [0.15, 0.2) is 0 Å². The van der Waals surface area contributed by atoms with Gasteiger partial charge in [-0.05, 0) is 0 Å². The largest absolute Gasteiger partial charge is 2.00 e. The number of hydrogen-bond acceptors (Lipinski definition) is 4. The van der Waals surface area contributed by atoms with Crippen LogP contribution in [0.5, 0.6) is 0 Å². The molecule has 0 rings (SSSR count). The summed E-state index contributed by atoms with van der Waals surface area (Å²) in [6, 6.07) is 0. The molecule has 0 aromatic carbocycles. The molecule has 0 amide bonds. The second-order valence-electron chi connectivity index (χ2n) is 2.48. The number of carboxylic acids is 3. The maximum Gasteiger partial charge on any atom is 2.00 e. The summed E-state index contributed by atoms with van der Waals surface area (Å²) in [4.78, 5) is 30.5. The maximum absolute atomic E-state index is 10.3. The molecule has 4 N–H and O–H groups in total. The van der Waals surface area contributed by atoms with Gasteiger partial charge in [-0.1, -0.05) is 0 Å². The Morgan fingerprint density at radius 2 is 1.13 bits per heavy atom. The molecule has 0 spiro atoms. The Bertz CT molecular complexity index is 236. The van der Waals surface area contributed by atoms with Gasteiger partial charge in [0.25, 0.3) is 0 Å². The summed E-state index contributed by atoms with van der Waals surface area (Å²) in [7, 11) is 0. The topological polar surface area (TPSA) is 132 Å². The fourth-order valence-corrected chi connectivity index (χ4v) is 0.714. The summed E-state index contributed by atoms with van der Waals surface area (Å²) in [5.74, 6) is -5.02. The Labute approximate surface area is 117 Å². The maximum atomic E-state index is 10.3. The zero-order valence-electron chi connectivity index (χ0n) is 7.84. The number of hydrogen-bond donors (Lipinski definition) is 4. The number of rotatable bonds is 5. The third kappa shape index (κ3) is 7.79. The molecular weight excluding hydrogens is 233 g/mol. The average Bonchev–Trinajstić information content (AvgIpc) is 1.82. The van der Waals surface area contributed by atoms with Gasteiger partial charge in [0, 0.05) is 0 Å². The Balaban J connectivity index is -0.000000720. The van der Waals surface area contributed by atoms with Crippen LogP contribution in [-0.2, 0) is 14.4 Å². The van der Waals surface area contributed by atoms with E-state index in [-0.39, 0.29) is 46.1 Å². The molecule has 0 fully saturated rings. The summed E-state index contributed by atoms with van der Waals surface area (Å²) in [5.41, 5.74) is -2.74. The predicted octanol–water partition coefficient (Wildman–Crippen LogP) is -2.01. The minimum absolute atomic E-state index is 0. The average molecular weight is 241 g/mol. The van der Waals surface area contributed by atoms with Crippen LogP contribution in [0.25, 0.3) is 0 Å². The minimum atomic E-state index is -2.74. The predicted molar refractivity (Wildman–Crippen MR) is 48.6 cm³/mol. The van der Waals surface area contributed by atoms with Crippen molar-refractivity contribution in [3.63, 3.8) is 0 Å². The van der Waals surface area contributed by atoms with E-state index in [2.05, 4.69) is 0 Å². The second kappa shape index (κ2) is 8.10. The van der Waals surface area contributed by atoms with Crippen LogP contribution >= 0.6 is 0 Å². The quantitative estimate of drug-likeness (QED) is 0.408. The minimum Gasteiger partial charge on any atom is -0.481 e. The van der Waals surface area contributed by atoms with Crippen molar-refractivity contribution in [3.05, 3.63) is 0 Å². The van der Waals surface area contributed by atoms with Gasteiger partial charge < -0.3 is 20.4 Å². The SMILES string of the molecule is O=C(O)CC(O)(CC(=O)O)C(=O)O.[Mg+2].[Mg+2]. The van der Waals surface area contributed by atoms with Crippen LogP contribution in [0.4, 0.5) is 0 Å². The number of carbonyl (C=O) groups is 3. The first kappa shape index (κ1) is 20.3. The molecule has 0 unspecified atom stereocenters. The van der Waals surface area contributed by atoms with E-state index in [0.29, 0.717) is 0 Å². The monoisotopic (exact) mass is 240 g/mol. The Morgan fingerprint density at radius 3 is 1.27 bits per heavy atom. The van der Waals surface area contributed by atoms with E-state index in [1.807, 2.05) is 0 Å². The molecule has 0 aromatic heterocycles. The van der Waals surface area contributed by atoms with Gasteiger partial charge in [0.05, 0.1) is 12.8 Å². The Kier molecular flexibility index (Phi) is 11.0. The van der Waals surface area contributed by atoms with Gasteiger partial charge in [-0.2, -0.15) is 0 Å². The zero-order valence-corrected chi connectivity index (χ0v) is 10.7. The summed E-state index contributed by atoms with van der Waals surface area (Å²) < 4.78 is 0.